The number of carbonyl (C=O) groups is 1. The van der Waals surface area contributed by atoms with Crippen LogP contribution in [0.1, 0.15) is 28.8 Å². The number of halogens is 2. The van der Waals surface area contributed by atoms with E-state index < -0.39 is 0 Å². The van der Waals surface area contributed by atoms with Crippen molar-refractivity contribution in [3.8, 4) is 6.07 Å². The van der Waals surface area contributed by atoms with Gasteiger partial charge in [-0.1, -0.05) is 28.1 Å². The second-order valence-electron chi connectivity index (χ2n) is 3.35. The smallest absolute Gasteiger partial charge is 0.176 e. The molecule has 0 amide bonds. The number of hydrogen-bond donors (Lipinski definition) is 0. The second-order valence-corrected chi connectivity index (χ2v) is 4.84. The van der Waals surface area contributed by atoms with Gasteiger partial charge in [0, 0.05) is 11.4 Å². The summed E-state index contributed by atoms with van der Waals surface area (Å²) in [5.74, 6) is 0.595. The maximum atomic E-state index is 11.9. The van der Waals surface area contributed by atoms with Crippen molar-refractivity contribution in [3.05, 3.63) is 35.4 Å². The van der Waals surface area contributed by atoms with Crippen LogP contribution in [0.2, 0.25) is 0 Å². The molecule has 0 aliphatic heterocycles. The first-order valence-electron chi connectivity index (χ1n) is 4.93. The maximum absolute atomic E-state index is 11.9. The third-order valence-corrected chi connectivity index (χ3v) is 3.32. The minimum atomic E-state index is -0.195. The van der Waals surface area contributed by atoms with E-state index in [0.29, 0.717) is 17.0 Å². The molecular formula is C12H11BrClNO. The van der Waals surface area contributed by atoms with Crippen LogP contribution in [0.3, 0.4) is 0 Å². The van der Waals surface area contributed by atoms with Gasteiger partial charge in [-0.15, -0.1) is 11.6 Å². The van der Waals surface area contributed by atoms with Crippen LogP contribution < -0.4 is 0 Å². The third-order valence-electron chi connectivity index (χ3n) is 2.17. The number of alkyl halides is 2. The predicted octanol–water partition coefficient (Wildman–Crippen LogP) is 3.52. The molecule has 0 heterocycles. The zero-order valence-corrected chi connectivity index (χ0v) is 11.0. The van der Waals surface area contributed by atoms with E-state index in [0.717, 1.165) is 12.8 Å². The lowest BCUT2D eigenvalue weighted by Crippen LogP contribution is -2.14. The van der Waals surface area contributed by atoms with Crippen LogP contribution >= 0.6 is 27.5 Å². The molecule has 84 valence electrons. The van der Waals surface area contributed by atoms with Crippen LogP contribution in [0.15, 0.2) is 24.3 Å². The quantitative estimate of drug-likeness (QED) is 0.616. The molecule has 1 rings (SSSR count). The summed E-state index contributed by atoms with van der Waals surface area (Å²) in [5, 5.41) is 8.63. The summed E-state index contributed by atoms with van der Waals surface area (Å²) >= 11 is 8.91. The van der Waals surface area contributed by atoms with Crippen molar-refractivity contribution in [1.82, 2.24) is 0 Å². The lowest BCUT2D eigenvalue weighted by Gasteiger charge is -2.07. The molecule has 0 N–H and O–H groups in total. The number of nitriles is 1. The fourth-order valence-corrected chi connectivity index (χ4v) is 2.02. The number of Topliss-reactive ketones (excluding diaryl/α,β-unsaturated/α-hetero) is 1. The Kier molecular flexibility index (Phi) is 5.51. The number of rotatable bonds is 5. The van der Waals surface area contributed by atoms with E-state index in [4.69, 9.17) is 16.9 Å². The van der Waals surface area contributed by atoms with Crippen molar-refractivity contribution in [2.24, 2.45) is 0 Å². The Morgan fingerprint density at radius 1 is 1.44 bits per heavy atom. The SMILES string of the molecule is N#Cc1ccc(C(=O)C(Br)CCCCl)cc1. The van der Waals surface area contributed by atoms with E-state index in [9.17, 15) is 4.79 Å². The van der Waals surface area contributed by atoms with Gasteiger partial charge < -0.3 is 0 Å². The average molecular weight is 301 g/mol. The Morgan fingerprint density at radius 2 is 2.06 bits per heavy atom. The normalized spacial score (nSPS) is 11.8. The molecule has 0 aliphatic carbocycles. The van der Waals surface area contributed by atoms with Crippen LogP contribution in [0.5, 0.6) is 0 Å². The summed E-state index contributed by atoms with van der Waals surface area (Å²) in [6.07, 6.45) is 1.53. The van der Waals surface area contributed by atoms with Crippen molar-refractivity contribution in [2.45, 2.75) is 17.7 Å². The molecule has 1 atom stereocenters. The zero-order chi connectivity index (χ0) is 12.0. The largest absolute Gasteiger partial charge is 0.293 e. The standard InChI is InChI=1S/C12H11BrClNO/c13-11(2-1-7-14)12(16)10-5-3-9(8-15)4-6-10/h3-6,11H,1-2,7H2. The van der Waals surface area contributed by atoms with Crippen molar-refractivity contribution in [2.75, 3.05) is 5.88 Å². The van der Waals surface area contributed by atoms with Gasteiger partial charge in [-0.3, -0.25) is 4.79 Å². The molecule has 1 aromatic rings. The Balaban J connectivity index is 2.69. The van der Waals surface area contributed by atoms with Gasteiger partial charge in [0.05, 0.1) is 16.5 Å². The van der Waals surface area contributed by atoms with Gasteiger partial charge in [0.1, 0.15) is 0 Å². The van der Waals surface area contributed by atoms with Crippen LogP contribution in [-0.2, 0) is 0 Å². The van der Waals surface area contributed by atoms with Gasteiger partial charge in [0.2, 0.25) is 0 Å². The van der Waals surface area contributed by atoms with E-state index in [2.05, 4.69) is 15.9 Å². The van der Waals surface area contributed by atoms with Crippen molar-refractivity contribution >= 4 is 33.3 Å². The molecule has 1 unspecified atom stereocenters. The van der Waals surface area contributed by atoms with E-state index in [-0.39, 0.29) is 10.6 Å². The molecular weight excluding hydrogens is 289 g/mol. The molecule has 0 aliphatic rings. The molecule has 0 saturated heterocycles. The van der Waals surface area contributed by atoms with Crippen molar-refractivity contribution < 1.29 is 4.79 Å². The lowest BCUT2D eigenvalue weighted by molar-refractivity contribution is 0.0988. The highest BCUT2D eigenvalue weighted by molar-refractivity contribution is 9.10. The van der Waals surface area contributed by atoms with Crippen molar-refractivity contribution in [3.63, 3.8) is 0 Å². The molecule has 0 bridgehead atoms. The highest BCUT2D eigenvalue weighted by atomic mass is 79.9. The molecule has 1 aromatic carbocycles. The van der Waals surface area contributed by atoms with E-state index in [1.54, 1.807) is 24.3 Å². The second kappa shape index (κ2) is 6.67. The van der Waals surface area contributed by atoms with Gasteiger partial charge in [0.15, 0.2) is 5.78 Å². The van der Waals surface area contributed by atoms with E-state index in [1.165, 1.54) is 0 Å². The van der Waals surface area contributed by atoms with E-state index in [1.807, 2.05) is 6.07 Å². The van der Waals surface area contributed by atoms with Crippen LogP contribution in [0.25, 0.3) is 0 Å². The van der Waals surface area contributed by atoms with Gasteiger partial charge >= 0.3 is 0 Å². The molecule has 16 heavy (non-hydrogen) atoms. The first-order chi connectivity index (χ1) is 7.69. The fourth-order valence-electron chi connectivity index (χ4n) is 1.28. The summed E-state index contributed by atoms with van der Waals surface area (Å²) in [7, 11) is 0. The minimum Gasteiger partial charge on any atom is -0.293 e. The maximum Gasteiger partial charge on any atom is 0.176 e. The summed E-state index contributed by atoms with van der Waals surface area (Å²) in [5.41, 5.74) is 1.18. The summed E-state index contributed by atoms with van der Waals surface area (Å²) in [6.45, 7) is 0. The molecule has 0 fully saturated rings. The number of ketones is 1. The summed E-state index contributed by atoms with van der Waals surface area (Å²) in [6, 6.07) is 8.66. The number of benzene rings is 1. The lowest BCUT2D eigenvalue weighted by atomic mass is 10.0. The zero-order valence-electron chi connectivity index (χ0n) is 8.62. The number of nitrogens with zero attached hydrogens (tertiary/aromatic N) is 1. The molecule has 0 aromatic heterocycles. The van der Waals surface area contributed by atoms with Gasteiger partial charge in [-0.25, -0.2) is 0 Å². The third kappa shape index (κ3) is 3.62. The number of hydrogen-bond acceptors (Lipinski definition) is 2. The van der Waals surface area contributed by atoms with Crippen LogP contribution in [0, 0.1) is 11.3 Å². The number of carbonyl (C=O) groups excluding carboxylic acids is 1. The summed E-state index contributed by atoms with van der Waals surface area (Å²) in [4.78, 5) is 11.7. The Bertz CT molecular complexity index is 396. The minimum absolute atomic E-state index is 0.0367. The van der Waals surface area contributed by atoms with Gasteiger partial charge in [0.25, 0.3) is 0 Å². The van der Waals surface area contributed by atoms with Crippen LogP contribution in [0.4, 0.5) is 0 Å². The highest BCUT2D eigenvalue weighted by Crippen LogP contribution is 2.16. The Hall–Kier alpha value is -0.850. The predicted molar refractivity (Wildman–Crippen MR) is 68.2 cm³/mol. The first kappa shape index (κ1) is 13.2. The topological polar surface area (TPSA) is 40.9 Å². The first-order valence-corrected chi connectivity index (χ1v) is 6.38. The summed E-state index contributed by atoms with van der Waals surface area (Å²) < 4.78 is 0. The van der Waals surface area contributed by atoms with Gasteiger partial charge in [-0.05, 0) is 25.0 Å². The highest BCUT2D eigenvalue weighted by Gasteiger charge is 2.16. The molecule has 0 spiro atoms. The van der Waals surface area contributed by atoms with Crippen molar-refractivity contribution in [1.29, 1.82) is 5.26 Å². The molecule has 0 radical (unpaired) electrons. The molecule has 4 heteroatoms. The Morgan fingerprint density at radius 3 is 2.56 bits per heavy atom. The molecule has 2 nitrogen and oxygen atoms in total. The van der Waals surface area contributed by atoms with E-state index >= 15 is 0 Å². The molecule has 0 saturated carbocycles. The Labute approximate surface area is 108 Å². The fraction of sp³-hybridized carbons (Fsp3) is 0.333. The van der Waals surface area contributed by atoms with Gasteiger partial charge in [-0.2, -0.15) is 5.26 Å². The average Bonchev–Trinajstić information content (AvgIpc) is 2.35. The monoisotopic (exact) mass is 299 g/mol. The van der Waals surface area contributed by atoms with Crippen LogP contribution in [-0.4, -0.2) is 16.5 Å².